The lowest BCUT2D eigenvalue weighted by molar-refractivity contribution is 0.111. The number of aryl methyl sites for hydroxylation is 2. The van der Waals surface area contributed by atoms with Gasteiger partial charge in [0.2, 0.25) is 0 Å². The van der Waals surface area contributed by atoms with Gasteiger partial charge in [0.25, 0.3) is 0 Å². The molecule has 3 rings (SSSR count). The number of rotatable bonds is 5. The lowest BCUT2D eigenvalue weighted by Crippen LogP contribution is -2.05. The van der Waals surface area contributed by atoms with Crippen molar-refractivity contribution in [3.8, 4) is 0 Å². The normalized spacial score (nSPS) is 12.0. The van der Waals surface area contributed by atoms with Gasteiger partial charge in [-0.1, -0.05) is 0 Å². The molecule has 0 radical (unpaired) electrons. The highest BCUT2D eigenvalue weighted by molar-refractivity contribution is 7.99. The van der Waals surface area contributed by atoms with Crippen LogP contribution in [-0.2, 0) is 0 Å². The number of carbonyl (C=O) groups is 1. The Balaban J connectivity index is 2.12. The molecule has 0 amide bonds. The first-order valence-electron chi connectivity index (χ1n) is 8.18. The molecule has 2 nitrogen and oxygen atoms in total. The lowest BCUT2D eigenvalue weighted by Gasteiger charge is -2.20. The van der Waals surface area contributed by atoms with E-state index < -0.39 is 16.9 Å². The van der Waals surface area contributed by atoms with Gasteiger partial charge >= 0.3 is 0 Å². The van der Waals surface area contributed by atoms with Gasteiger partial charge in [-0.3, -0.25) is 9.78 Å². The molecular formula is C21H16F3NOS. The Bertz CT molecular complexity index is 1010. The van der Waals surface area contributed by atoms with E-state index in [2.05, 4.69) is 4.98 Å². The number of hydrogen-bond acceptors (Lipinski definition) is 3. The third-order valence-electron chi connectivity index (χ3n) is 4.20. The molecule has 1 atom stereocenters. The third-order valence-corrected chi connectivity index (χ3v) is 5.47. The Kier molecular flexibility index (Phi) is 5.65. The molecule has 1 heterocycles. The fourth-order valence-corrected chi connectivity index (χ4v) is 4.11. The fourth-order valence-electron chi connectivity index (χ4n) is 2.76. The first kappa shape index (κ1) is 19.2. The molecule has 0 N–H and O–H groups in total. The summed E-state index contributed by atoms with van der Waals surface area (Å²) in [6, 6.07) is 9.49. The van der Waals surface area contributed by atoms with E-state index in [4.69, 9.17) is 0 Å². The quantitative estimate of drug-likeness (QED) is 0.409. The van der Waals surface area contributed by atoms with Crippen molar-refractivity contribution in [1.82, 2.24) is 4.98 Å². The van der Waals surface area contributed by atoms with E-state index >= 15 is 0 Å². The summed E-state index contributed by atoms with van der Waals surface area (Å²) < 4.78 is 41.9. The van der Waals surface area contributed by atoms with Crippen LogP contribution >= 0.6 is 11.8 Å². The van der Waals surface area contributed by atoms with Crippen LogP contribution in [0.15, 0.2) is 53.6 Å². The second kappa shape index (κ2) is 7.96. The van der Waals surface area contributed by atoms with Gasteiger partial charge in [0.1, 0.15) is 23.1 Å². The van der Waals surface area contributed by atoms with E-state index in [1.807, 2.05) is 0 Å². The van der Waals surface area contributed by atoms with Crippen LogP contribution in [-0.4, -0.2) is 11.3 Å². The zero-order valence-electron chi connectivity index (χ0n) is 14.7. The molecule has 1 unspecified atom stereocenters. The SMILES string of the molecule is Cc1cc(SC(c2cnc(C=O)cc2C)c2cc(F)ccc2F)ccc1F. The molecule has 6 heteroatoms. The predicted molar refractivity (Wildman–Crippen MR) is 99.6 cm³/mol. The Hall–Kier alpha value is -2.60. The van der Waals surface area contributed by atoms with Gasteiger partial charge in [-0.2, -0.15) is 0 Å². The maximum absolute atomic E-state index is 14.5. The van der Waals surface area contributed by atoms with E-state index in [1.165, 1.54) is 24.0 Å². The lowest BCUT2D eigenvalue weighted by atomic mass is 10.0. The molecule has 0 saturated carbocycles. The molecule has 3 aromatic rings. The molecule has 2 aromatic carbocycles. The second-order valence-electron chi connectivity index (χ2n) is 6.16. The van der Waals surface area contributed by atoms with Crippen LogP contribution in [0.1, 0.15) is 38.0 Å². The molecule has 1 aromatic heterocycles. The largest absolute Gasteiger partial charge is 0.296 e. The highest BCUT2D eigenvalue weighted by atomic mass is 32.2. The predicted octanol–water partition coefficient (Wildman–Crippen LogP) is 5.81. The average Bonchev–Trinajstić information content (AvgIpc) is 2.65. The topological polar surface area (TPSA) is 30.0 Å². The Morgan fingerprint density at radius 3 is 2.33 bits per heavy atom. The Labute approximate surface area is 159 Å². The minimum Gasteiger partial charge on any atom is -0.296 e. The number of aldehydes is 1. The summed E-state index contributed by atoms with van der Waals surface area (Å²) in [6.07, 6.45) is 2.13. The maximum Gasteiger partial charge on any atom is 0.168 e. The summed E-state index contributed by atoms with van der Waals surface area (Å²) in [4.78, 5) is 15.7. The second-order valence-corrected chi connectivity index (χ2v) is 7.34. The summed E-state index contributed by atoms with van der Waals surface area (Å²) >= 11 is 1.27. The van der Waals surface area contributed by atoms with Crippen molar-refractivity contribution in [3.05, 3.63) is 94.1 Å². The molecular weight excluding hydrogens is 371 g/mol. The van der Waals surface area contributed by atoms with E-state index in [9.17, 15) is 18.0 Å². The van der Waals surface area contributed by atoms with Crippen LogP contribution in [0, 0.1) is 31.3 Å². The van der Waals surface area contributed by atoms with Gasteiger partial charge in [-0.25, -0.2) is 13.2 Å². The van der Waals surface area contributed by atoms with Crippen molar-refractivity contribution >= 4 is 18.0 Å². The summed E-state index contributed by atoms with van der Waals surface area (Å²) in [5.74, 6) is -1.44. The van der Waals surface area contributed by atoms with E-state index in [-0.39, 0.29) is 17.1 Å². The highest BCUT2D eigenvalue weighted by Crippen LogP contribution is 2.43. The first-order chi connectivity index (χ1) is 12.9. The van der Waals surface area contributed by atoms with Crippen LogP contribution in [0.25, 0.3) is 0 Å². The van der Waals surface area contributed by atoms with Gasteiger partial charge < -0.3 is 0 Å². The number of thioether (sulfide) groups is 1. The summed E-state index contributed by atoms with van der Waals surface area (Å²) in [5, 5.41) is -0.612. The van der Waals surface area contributed by atoms with Crippen molar-refractivity contribution in [2.24, 2.45) is 0 Å². The molecule has 0 bridgehead atoms. The van der Waals surface area contributed by atoms with Crippen LogP contribution < -0.4 is 0 Å². The van der Waals surface area contributed by atoms with Gasteiger partial charge in [-0.15, -0.1) is 11.8 Å². The van der Waals surface area contributed by atoms with Crippen molar-refractivity contribution in [1.29, 1.82) is 0 Å². The maximum atomic E-state index is 14.5. The first-order valence-corrected chi connectivity index (χ1v) is 9.06. The zero-order valence-corrected chi connectivity index (χ0v) is 15.5. The van der Waals surface area contributed by atoms with Crippen molar-refractivity contribution < 1.29 is 18.0 Å². The smallest absolute Gasteiger partial charge is 0.168 e. The molecule has 0 aliphatic carbocycles. The van der Waals surface area contributed by atoms with Gasteiger partial charge in [0, 0.05) is 16.7 Å². The van der Waals surface area contributed by atoms with Crippen molar-refractivity contribution in [3.63, 3.8) is 0 Å². The molecule has 27 heavy (non-hydrogen) atoms. The zero-order chi connectivity index (χ0) is 19.6. The van der Waals surface area contributed by atoms with Gasteiger partial charge in [0.15, 0.2) is 6.29 Å². The molecule has 0 fully saturated rings. The molecule has 0 saturated heterocycles. The number of nitrogens with zero attached hydrogens (tertiary/aromatic N) is 1. The number of benzene rings is 2. The van der Waals surface area contributed by atoms with E-state index in [0.717, 1.165) is 23.8 Å². The van der Waals surface area contributed by atoms with Crippen LogP contribution in [0.3, 0.4) is 0 Å². The highest BCUT2D eigenvalue weighted by Gasteiger charge is 2.23. The fraction of sp³-hybridized carbons (Fsp3) is 0.143. The molecule has 0 aliphatic rings. The van der Waals surface area contributed by atoms with Crippen LogP contribution in [0.2, 0.25) is 0 Å². The number of hydrogen-bond donors (Lipinski definition) is 0. The number of pyridine rings is 1. The molecule has 0 aliphatic heterocycles. The number of aromatic nitrogens is 1. The molecule has 0 spiro atoms. The van der Waals surface area contributed by atoms with Crippen LogP contribution in [0.5, 0.6) is 0 Å². The van der Waals surface area contributed by atoms with E-state index in [1.54, 1.807) is 32.0 Å². The summed E-state index contributed by atoms with van der Waals surface area (Å²) in [5.41, 5.74) is 2.26. The van der Waals surface area contributed by atoms with Gasteiger partial charge in [0.05, 0.1) is 5.25 Å². The Morgan fingerprint density at radius 1 is 0.926 bits per heavy atom. The standard InChI is InChI=1S/C21H16F3NOS/c1-12-7-15(11-26)25-10-18(12)21(17-9-14(22)3-5-20(17)24)27-16-4-6-19(23)13(2)8-16/h3-11,21H,1-2H3. The minimum absolute atomic E-state index is 0.158. The van der Waals surface area contributed by atoms with Gasteiger partial charge in [-0.05, 0) is 73.0 Å². The van der Waals surface area contributed by atoms with E-state index in [0.29, 0.717) is 22.3 Å². The Morgan fingerprint density at radius 2 is 1.67 bits per heavy atom. The monoisotopic (exact) mass is 387 g/mol. The van der Waals surface area contributed by atoms with Crippen molar-refractivity contribution in [2.45, 2.75) is 24.0 Å². The summed E-state index contributed by atoms with van der Waals surface area (Å²) in [6.45, 7) is 3.42. The third kappa shape index (κ3) is 4.22. The minimum atomic E-state index is -0.612. The van der Waals surface area contributed by atoms with Crippen LogP contribution in [0.4, 0.5) is 13.2 Å². The number of halogens is 3. The average molecular weight is 387 g/mol. The summed E-state index contributed by atoms with van der Waals surface area (Å²) in [7, 11) is 0. The molecule has 138 valence electrons. The van der Waals surface area contributed by atoms with Crippen molar-refractivity contribution in [2.75, 3.05) is 0 Å². The number of carbonyl (C=O) groups excluding carboxylic acids is 1.